The Hall–Kier alpha value is -3.49. The largest absolute Gasteiger partial charge is 0.473 e. The van der Waals surface area contributed by atoms with Crippen LogP contribution in [0.4, 0.5) is 11.4 Å². The highest BCUT2D eigenvalue weighted by atomic mass is 35.5. The number of benzene rings is 3. The highest BCUT2D eigenvalue weighted by Crippen LogP contribution is 2.26. The van der Waals surface area contributed by atoms with Crippen molar-refractivity contribution in [2.24, 2.45) is 0 Å². The van der Waals surface area contributed by atoms with Crippen molar-refractivity contribution >= 4 is 28.9 Å². The van der Waals surface area contributed by atoms with Crippen LogP contribution in [0, 0.1) is 11.3 Å². The molecule has 0 atom stereocenters. The van der Waals surface area contributed by atoms with Gasteiger partial charge in [0.15, 0.2) is 6.73 Å². The minimum atomic E-state index is -0.233. The molecule has 0 aliphatic carbocycles. The van der Waals surface area contributed by atoms with Crippen molar-refractivity contribution in [3.05, 3.63) is 88.9 Å². The minimum absolute atomic E-state index is 0.222. The Kier molecular flexibility index (Phi) is 8.55. The van der Waals surface area contributed by atoms with Gasteiger partial charge < -0.3 is 15.4 Å². The van der Waals surface area contributed by atoms with Crippen LogP contribution in [0.25, 0.3) is 0 Å². The molecular weight excluding hydrogens is 386 g/mol. The summed E-state index contributed by atoms with van der Waals surface area (Å²) in [5.41, 5.74) is 2.38. The van der Waals surface area contributed by atoms with Gasteiger partial charge in [0.1, 0.15) is 5.75 Å². The predicted molar refractivity (Wildman–Crippen MR) is 117 cm³/mol. The molecule has 0 radical (unpaired) electrons. The lowest BCUT2D eigenvalue weighted by Gasteiger charge is -2.12. The van der Waals surface area contributed by atoms with E-state index in [0.717, 1.165) is 5.69 Å². The lowest BCUT2D eigenvalue weighted by atomic mass is 10.2. The lowest BCUT2D eigenvalue weighted by Crippen LogP contribution is -2.13. The van der Waals surface area contributed by atoms with Crippen molar-refractivity contribution in [2.75, 3.05) is 17.4 Å². The number of nitrogens with zero attached hydrogens (tertiary/aromatic N) is 1. The van der Waals surface area contributed by atoms with Crippen molar-refractivity contribution in [1.29, 1.82) is 5.26 Å². The number of amides is 1. The van der Waals surface area contributed by atoms with E-state index in [1.807, 2.05) is 19.9 Å². The second-order valence-corrected chi connectivity index (χ2v) is 6.02. The van der Waals surface area contributed by atoms with Gasteiger partial charge in [-0.1, -0.05) is 43.6 Å². The van der Waals surface area contributed by atoms with E-state index in [9.17, 15) is 4.79 Å². The number of anilines is 2. The molecule has 0 heterocycles. The van der Waals surface area contributed by atoms with E-state index < -0.39 is 0 Å². The van der Waals surface area contributed by atoms with E-state index in [4.69, 9.17) is 21.6 Å². The van der Waals surface area contributed by atoms with Crippen LogP contribution >= 0.6 is 11.6 Å². The summed E-state index contributed by atoms with van der Waals surface area (Å²) in [6.45, 7) is 4.22. The van der Waals surface area contributed by atoms with E-state index in [0.29, 0.717) is 27.6 Å². The van der Waals surface area contributed by atoms with Crippen LogP contribution in [0.15, 0.2) is 72.8 Å². The number of hydrogen-bond donors (Lipinski definition) is 2. The molecule has 1 amide bonds. The van der Waals surface area contributed by atoms with Gasteiger partial charge in [-0.3, -0.25) is 4.79 Å². The van der Waals surface area contributed by atoms with Gasteiger partial charge in [0.2, 0.25) is 0 Å². The first-order valence-electron chi connectivity index (χ1n) is 9.18. The Morgan fingerprint density at radius 3 is 2.38 bits per heavy atom. The summed E-state index contributed by atoms with van der Waals surface area (Å²) in [6, 6.07) is 23.0. The van der Waals surface area contributed by atoms with E-state index in [-0.39, 0.29) is 12.6 Å². The Labute approximate surface area is 175 Å². The molecule has 2 N–H and O–H groups in total. The van der Waals surface area contributed by atoms with Crippen molar-refractivity contribution in [2.45, 2.75) is 13.8 Å². The van der Waals surface area contributed by atoms with Crippen molar-refractivity contribution < 1.29 is 9.53 Å². The van der Waals surface area contributed by atoms with E-state index >= 15 is 0 Å². The molecule has 3 rings (SSSR count). The molecule has 148 valence electrons. The number of hydrogen-bond acceptors (Lipinski definition) is 4. The van der Waals surface area contributed by atoms with Gasteiger partial charge in [-0.25, -0.2) is 0 Å². The molecule has 0 spiro atoms. The zero-order valence-corrected chi connectivity index (χ0v) is 17.0. The SMILES string of the molecule is CC.N#Cc1ccc(OCNc2ccc(Cl)c(NC(=O)c3ccccc3)c2)cc1. The summed E-state index contributed by atoms with van der Waals surface area (Å²) in [6.07, 6.45) is 0. The summed E-state index contributed by atoms with van der Waals surface area (Å²) in [4.78, 5) is 12.3. The second kappa shape index (κ2) is 11.4. The van der Waals surface area contributed by atoms with Crippen molar-refractivity contribution in [3.8, 4) is 11.8 Å². The fourth-order valence-electron chi connectivity index (χ4n) is 2.34. The number of nitrogens with one attached hydrogen (secondary N) is 2. The number of halogens is 1. The molecule has 0 aliphatic heterocycles. The first-order chi connectivity index (χ1) is 14.2. The van der Waals surface area contributed by atoms with Gasteiger partial charge in [0.05, 0.1) is 22.3 Å². The lowest BCUT2D eigenvalue weighted by molar-refractivity contribution is 0.102. The molecular formula is C23H22ClN3O2. The summed E-state index contributed by atoms with van der Waals surface area (Å²) >= 11 is 6.19. The average molecular weight is 408 g/mol. The van der Waals surface area contributed by atoms with E-state index in [1.54, 1.807) is 66.7 Å². The average Bonchev–Trinajstić information content (AvgIpc) is 2.78. The Balaban J connectivity index is 0.00000145. The first kappa shape index (κ1) is 21.8. The molecule has 3 aromatic carbocycles. The van der Waals surface area contributed by atoms with Gasteiger partial charge in [0.25, 0.3) is 5.91 Å². The minimum Gasteiger partial charge on any atom is -0.473 e. The third-order valence-electron chi connectivity index (χ3n) is 3.75. The molecule has 0 aromatic heterocycles. The second-order valence-electron chi connectivity index (χ2n) is 5.62. The number of rotatable bonds is 6. The van der Waals surface area contributed by atoms with E-state index in [1.165, 1.54) is 0 Å². The fraction of sp³-hybridized carbons (Fsp3) is 0.130. The van der Waals surface area contributed by atoms with Gasteiger partial charge >= 0.3 is 0 Å². The van der Waals surface area contributed by atoms with Crippen LogP contribution in [0.3, 0.4) is 0 Å². The highest BCUT2D eigenvalue weighted by Gasteiger charge is 2.09. The zero-order chi connectivity index (χ0) is 21.1. The van der Waals surface area contributed by atoms with Crippen molar-refractivity contribution in [3.63, 3.8) is 0 Å². The summed E-state index contributed by atoms with van der Waals surface area (Å²) in [7, 11) is 0. The smallest absolute Gasteiger partial charge is 0.255 e. The fourth-order valence-corrected chi connectivity index (χ4v) is 2.51. The highest BCUT2D eigenvalue weighted by molar-refractivity contribution is 6.34. The maximum absolute atomic E-state index is 12.3. The first-order valence-corrected chi connectivity index (χ1v) is 9.56. The molecule has 0 bridgehead atoms. The Bertz CT molecular complexity index is 968. The Morgan fingerprint density at radius 2 is 1.72 bits per heavy atom. The van der Waals surface area contributed by atoms with Crippen LogP contribution in [0.1, 0.15) is 29.8 Å². The van der Waals surface area contributed by atoms with Crippen LogP contribution < -0.4 is 15.4 Å². The summed E-state index contributed by atoms with van der Waals surface area (Å²) in [5, 5.41) is 15.1. The van der Waals surface area contributed by atoms with Gasteiger partial charge in [-0.15, -0.1) is 0 Å². The van der Waals surface area contributed by atoms with E-state index in [2.05, 4.69) is 16.7 Å². The topological polar surface area (TPSA) is 74.2 Å². The predicted octanol–water partition coefficient (Wildman–Crippen LogP) is 5.94. The Morgan fingerprint density at radius 1 is 1.03 bits per heavy atom. The van der Waals surface area contributed by atoms with Crippen LogP contribution in [-0.4, -0.2) is 12.6 Å². The summed E-state index contributed by atoms with van der Waals surface area (Å²) < 4.78 is 5.59. The molecule has 6 heteroatoms. The molecule has 0 unspecified atom stereocenters. The normalized spacial score (nSPS) is 9.45. The van der Waals surface area contributed by atoms with Gasteiger partial charge in [0, 0.05) is 11.3 Å². The molecule has 0 saturated carbocycles. The molecule has 0 aliphatic rings. The molecule has 0 fully saturated rings. The number of nitriles is 1. The summed E-state index contributed by atoms with van der Waals surface area (Å²) in [5.74, 6) is 0.413. The zero-order valence-electron chi connectivity index (χ0n) is 16.3. The standard InChI is InChI=1S/C21H16ClN3O2.C2H6/c22-19-11-8-17(24-14-27-18-9-6-15(13-23)7-10-18)12-20(19)25-21(26)16-4-2-1-3-5-16;1-2/h1-12,24H,14H2,(H,25,26);1-2H3. The molecule has 3 aromatic rings. The molecule has 5 nitrogen and oxygen atoms in total. The van der Waals surface area contributed by atoms with Crippen molar-refractivity contribution in [1.82, 2.24) is 0 Å². The molecule has 0 saturated heterocycles. The van der Waals surface area contributed by atoms with Crippen LogP contribution in [0.5, 0.6) is 5.75 Å². The number of carbonyl (C=O) groups excluding carboxylic acids is 1. The molecule has 29 heavy (non-hydrogen) atoms. The number of ether oxygens (including phenoxy) is 1. The third-order valence-corrected chi connectivity index (χ3v) is 4.08. The monoisotopic (exact) mass is 407 g/mol. The van der Waals surface area contributed by atoms with Crippen LogP contribution in [-0.2, 0) is 0 Å². The maximum atomic E-state index is 12.3. The third kappa shape index (κ3) is 6.56. The van der Waals surface area contributed by atoms with Crippen LogP contribution in [0.2, 0.25) is 5.02 Å². The van der Waals surface area contributed by atoms with Gasteiger partial charge in [-0.05, 0) is 54.6 Å². The maximum Gasteiger partial charge on any atom is 0.255 e. The quantitative estimate of drug-likeness (QED) is 0.496. The van der Waals surface area contributed by atoms with Gasteiger partial charge in [-0.2, -0.15) is 5.26 Å². The number of carbonyl (C=O) groups is 1.